The number of fused-ring (bicyclic) bond motifs is 1. The van der Waals surface area contributed by atoms with Crippen LogP contribution in [0.15, 0.2) is 41.2 Å². The first-order chi connectivity index (χ1) is 10.5. The van der Waals surface area contributed by atoms with Gasteiger partial charge in [0.1, 0.15) is 17.0 Å². The molecular formula is C17H14ClFN2O. The van der Waals surface area contributed by atoms with E-state index in [4.69, 9.17) is 11.6 Å². The van der Waals surface area contributed by atoms with Crippen LogP contribution in [0.2, 0.25) is 5.02 Å². The van der Waals surface area contributed by atoms with Crippen LogP contribution in [0.3, 0.4) is 0 Å². The molecule has 0 bridgehead atoms. The van der Waals surface area contributed by atoms with E-state index in [0.717, 1.165) is 5.56 Å². The van der Waals surface area contributed by atoms with Gasteiger partial charge in [-0.05, 0) is 36.8 Å². The lowest BCUT2D eigenvalue weighted by molar-refractivity contribution is 0.636. The molecule has 0 fully saturated rings. The molecule has 0 unspecified atom stereocenters. The number of aromatic nitrogens is 2. The number of hydrogen-bond donors (Lipinski definition) is 0. The minimum absolute atomic E-state index is 0.00334. The van der Waals surface area contributed by atoms with Gasteiger partial charge in [-0.25, -0.2) is 9.37 Å². The summed E-state index contributed by atoms with van der Waals surface area (Å²) in [6.07, 6.45) is 0.549. The molecule has 0 saturated heterocycles. The predicted octanol–water partition coefficient (Wildman–Crippen LogP) is 4.05. The number of benzene rings is 2. The van der Waals surface area contributed by atoms with E-state index in [1.807, 2.05) is 19.9 Å². The van der Waals surface area contributed by atoms with Crippen molar-refractivity contribution in [1.82, 2.24) is 9.55 Å². The third-order valence-electron chi connectivity index (χ3n) is 3.65. The molecule has 22 heavy (non-hydrogen) atoms. The normalized spacial score (nSPS) is 11.1. The van der Waals surface area contributed by atoms with Crippen molar-refractivity contribution in [2.75, 3.05) is 0 Å². The molecule has 1 heterocycles. The summed E-state index contributed by atoms with van der Waals surface area (Å²) in [6, 6.07) is 9.78. The van der Waals surface area contributed by atoms with E-state index in [1.54, 1.807) is 24.3 Å². The Kier molecular flexibility index (Phi) is 3.71. The van der Waals surface area contributed by atoms with Crippen LogP contribution < -0.4 is 5.56 Å². The molecule has 0 saturated carbocycles. The van der Waals surface area contributed by atoms with E-state index in [0.29, 0.717) is 28.5 Å². The zero-order valence-corrected chi connectivity index (χ0v) is 13.0. The quantitative estimate of drug-likeness (QED) is 0.715. The van der Waals surface area contributed by atoms with Crippen LogP contribution in [0.4, 0.5) is 4.39 Å². The van der Waals surface area contributed by atoms with Crippen molar-refractivity contribution in [2.45, 2.75) is 20.3 Å². The zero-order valence-electron chi connectivity index (χ0n) is 12.2. The maximum Gasteiger partial charge on any atom is 0.268 e. The molecular weight excluding hydrogens is 303 g/mol. The van der Waals surface area contributed by atoms with Gasteiger partial charge in [-0.1, -0.05) is 30.7 Å². The van der Waals surface area contributed by atoms with Crippen molar-refractivity contribution in [3.63, 3.8) is 0 Å². The molecule has 0 N–H and O–H groups in total. The molecule has 3 rings (SSSR count). The molecule has 2 aromatic carbocycles. The standard InChI is InChI=1S/C17H14ClFN2O/c1-3-15-20-14-6-4-5-13(19)16(14)17(22)21(15)11-8-7-10(2)12(18)9-11/h4-9H,3H2,1-2H3. The molecule has 0 aliphatic carbocycles. The smallest absolute Gasteiger partial charge is 0.268 e. The maximum absolute atomic E-state index is 14.0. The van der Waals surface area contributed by atoms with Crippen molar-refractivity contribution in [2.24, 2.45) is 0 Å². The molecule has 1 aromatic heterocycles. The molecule has 0 atom stereocenters. The van der Waals surface area contributed by atoms with Crippen molar-refractivity contribution < 1.29 is 4.39 Å². The second-order valence-corrected chi connectivity index (χ2v) is 5.50. The largest absolute Gasteiger partial charge is 0.268 e. The van der Waals surface area contributed by atoms with Crippen LogP contribution >= 0.6 is 11.6 Å². The molecule has 0 radical (unpaired) electrons. The Bertz CT molecular complexity index is 934. The molecule has 0 aliphatic heterocycles. The molecule has 0 spiro atoms. The van der Waals surface area contributed by atoms with Gasteiger partial charge in [0.05, 0.1) is 11.2 Å². The van der Waals surface area contributed by atoms with Crippen LogP contribution in [0, 0.1) is 12.7 Å². The van der Waals surface area contributed by atoms with Gasteiger partial charge in [0.2, 0.25) is 0 Å². The molecule has 5 heteroatoms. The molecule has 3 nitrogen and oxygen atoms in total. The molecule has 3 aromatic rings. The first-order valence-corrected chi connectivity index (χ1v) is 7.37. The fourth-order valence-corrected chi connectivity index (χ4v) is 2.63. The fourth-order valence-electron chi connectivity index (χ4n) is 2.46. The molecule has 112 valence electrons. The van der Waals surface area contributed by atoms with Crippen LogP contribution in [0.25, 0.3) is 16.6 Å². The van der Waals surface area contributed by atoms with Crippen molar-refractivity contribution >= 4 is 22.5 Å². The van der Waals surface area contributed by atoms with Crippen molar-refractivity contribution in [3.05, 3.63) is 69.0 Å². The van der Waals surface area contributed by atoms with Crippen LogP contribution in [-0.4, -0.2) is 9.55 Å². The second-order valence-electron chi connectivity index (χ2n) is 5.09. The van der Waals surface area contributed by atoms with Crippen molar-refractivity contribution in [3.8, 4) is 5.69 Å². The summed E-state index contributed by atoms with van der Waals surface area (Å²) >= 11 is 6.15. The van der Waals surface area contributed by atoms with Gasteiger partial charge in [0, 0.05) is 11.4 Å². The fraction of sp³-hybridized carbons (Fsp3) is 0.176. The Labute approximate surface area is 132 Å². The van der Waals surface area contributed by atoms with Crippen LogP contribution in [-0.2, 0) is 6.42 Å². The maximum atomic E-state index is 14.0. The lowest BCUT2D eigenvalue weighted by Gasteiger charge is -2.13. The number of hydrogen-bond acceptors (Lipinski definition) is 2. The average molecular weight is 317 g/mol. The Morgan fingerprint density at radius 3 is 2.73 bits per heavy atom. The monoisotopic (exact) mass is 316 g/mol. The summed E-state index contributed by atoms with van der Waals surface area (Å²) in [6.45, 7) is 3.78. The second kappa shape index (κ2) is 5.54. The lowest BCUT2D eigenvalue weighted by atomic mass is 10.2. The molecule has 0 amide bonds. The van der Waals surface area contributed by atoms with E-state index in [1.165, 1.54) is 10.6 Å². The average Bonchev–Trinajstić information content (AvgIpc) is 2.50. The van der Waals surface area contributed by atoms with Gasteiger partial charge in [-0.3, -0.25) is 9.36 Å². The van der Waals surface area contributed by atoms with E-state index >= 15 is 0 Å². The van der Waals surface area contributed by atoms with E-state index in [-0.39, 0.29) is 5.39 Å². The summed E-state index contributed by atoms with van der Waals surface area (Å²) < 4.78 is 15.5. The first kappa shape index (κ1) is 14.7. The van der Waals surface area contributed by atoms with E-state index < -0.39 is 11.4 Å². The van der Waals surface area contributed by atoms with Gasteiger partial charge in [-0.15, -0.1) is 0 Å². The lowest BCUT2D eigenvalue weighted by Crippen LogP contribution is -2.24. The topological polar surface area (TPSA) is 34.9 Å². The van der Waals surface area contributed by atoms with Gasteiger partial charge >= 0.3 is 0 Å². The highest BCUT2D eigenvalue weighted by Crippen LogP contribution is 2.21. The predicted molar refractivity (Wildman–Crippen MR) is 86.4 cm³/mol. The van der Waals surface area contributed by atoms with Gasteiger partial charge in [0.15, 0.2) is 0 Å². The number of rotatable bonds is 2. The Morgan fingerprint density at radius 2 is 2.05 bits per heavy atom. The van der Waals surface area contributed by atoms with Crippen molar-refractivity contribution in [1.29, 1.82) is 0 Å². The van der Waals surface area contributed by atoms with Gasteiger partial charge in [-0.2, -0.15) is 0 Å². The number of aryl methyl sites for hydroxylation is 2. The highest BCUT2D eigenvalue weighted by atomic mass is 35.5. The third kappa shape index (κ3) is 2.29. The SMILES string of the molecule is CCc1nc2cccc(F)c2c(=O)n1-c1ccc(C)c(Cl)c1. The summed E-state index contributed by atoms with van der Waals surface area (Å²) in [5.74, 6) is 0.00707. The summed E-state index contributed by atoms with van der Waals surface area (Å²) in [5, 5.41) is 0.552. The Hall–Kier alpha value is -2.20. The highest BCUT2D eigenvalue weighted by molar-refractivity contribution is 6.31. The third-order valence-corrected chi connectivity index (χ3v) is 4.05. The summed E-state index contributed by atoms with van der Waals surface area (Å²) in [4.78, 5) is 17.2. The van der Waals surface area contributed by atoms with Crippen LogP contribution in [0.1, 0.15) is 18.3 Å². The first-order valence-electron chi connectivity index (χ1n) is 6.99. The Balaban J connectivity index is 2.42. The highest BCUT2D eigenvalue weighted by Gasteiger charge is 2.15. The summed E-state index contributed by atoms with van der Waals surface area (Å²) in [7, 11) is 0. The zero-order chi connectivity index (χ0) is 15.9. The summed E-state index contributed by atoms with van der Waals surface area (Å²) in [5.41, 5.74) is 1.46. The molecule has 0 aliphatic rings. The minimum Gasteiger partial charge on any atom is -0.268 e. The number of nitrogens with zero attached hydrogens (tertiary/aromatic N) is 2. The van der Waals surface area contributed by atoms with Crippen LogP contribution in [0.5, 0.6) is 0 Å². The number of halogens is 2. The minimum atomic E-state index is -0.565. The van der Waals surface area contributed by atoms with Gasteiger partial charge < -0.3 is 0 Å². The van der Waals surface area contributed by atoms with Gasteiger partial charge in [0.25, 0.3) is 5.56 Å². The van der Waals surface area contributed by atoms with E-state index in [9.17, 15) is 9.18 Å². The Morgan fingerprint density at radius 1 is 1.27 bits per heavy atom. The van der Waals surface area contributed by atoms with E-state index in [2.05, 4.69) is 4.98 Å².